The molecule has 1 atom stereocenters. The fourth-order valence-electron chi connectivity index (χ4n) is 4.60. The van der Waals surface area contributed by atoms with Crippen molar-refractivity contribution in [3.05, 3.63) is 77.4 Å². The molecule has 1 aliphatic carbocycles. The minimum Gasteiger partial charge on any atom is -0.327 e. The Balaban J connectivity index is 1.41. The second-order valence-corrected chi connectivity index (χ2v) is 7.62. The summed E-state index contributed by atoms with van der Waals surface area (Å²) in [6, 6.07) is 19.2. The van der Waals surface area contributed by atoms with E-state index in [1.54, 1.807) is 17.0 Å². The number of aryl methyl sites for hydroxylation is 2. The van der Waals surface area contributed by atoms with Gasteiger partial charge in [0.05, 0.1) is 0 Å². The zero-order chi connectivity index (χ0) is 19.1. The molecule has 3 aromatic rings. The van der Waals surface area contributed by atoms with Crippen LogP contribution < -0.4 is 5.32 Å². The Hall–Kier alpha value is -3.14. The maximum absolute atomic E-state index is 13.1. The lowest BCUT2D eigenvalue weighted by molar-refractivity contribution is -0.119. The molecule has 2 aliphatic rings. The molecular weight excluding hydrogens is 348 g/mol. The third-order valence-electron chi connectivity index (χ3n) is 5.97. The second kappa shape index (κ2) is 6.79. The van der Waals surface area contributed by atoms with Crippen LogP contribution in [0.4, 0.5) is 5.69 Å². The molecule has 0 saturated carbocycles. The predicted octanol–water partition coefficient (Wildman–Crippen LogP) is 4.18. The fraction of sp³-hybridized carbons (Fsp3) is 0.250. The van der Waals surface area contributed by atoms with E-state index in [1.165, 1.54) is 16.5 Å². The van der Waals surface area contributed by atoms with E-state index < -0.39 is 6.04 Å². The average molecular weight is 370 g/mol. The van der Waals surface area contributed by atoms with E-state index >= 15 is 0 Å². The van der Waals surface area contributed by atoms with Crippen LogP contribution in [-0.2, 0) is 17.6 Å². The molecule has 0 radical (unpaired) electrons. The quantitative estimate of drug-likeness (QED) is 0.752. The summed E-state index contributed by atoms with van der Waals surface area (Å²) in [7, 11) is 0. The molecule has 5 rings (SSSR count). The number of nitrogens with one attached hydrogen (secondary N) is 1. The van der Waals surface area contributed by atoms with Gasteiger partial charge in [-0.3, -0.25) is 9.59 Å². The minimum absolute atomic E-state index is 0.0707. The summed E-state index contributed by atoms with van der Waals surface area (Å²) < 4.78 is 0. The molecule has 0 bridgehead atoms. The monoisotopic (exact) mass is 370 g/mol. The van der Waals surface area contributed by atoms with Crippen LogP contribution in [0, 0.1) is 0 Å². The van der Waals surface area contributed by atoms with Gasteiger partial charge in [0.25, 0.3) is 5.91 Å². The Kier molecular flexibility index (Phi) is 4.12. The third-order valence-corrected chi connectivity index (χ3v) is 5.97. The number of amides is 2. The number of anilines is 1. The molecule has 1 saturated heterocycles. The van der Waals surface area contributed by atoms with Crippen molar-refractivity contribution >= 4 is 28.3 Å². The topological polar surface area (TPSA) is 49.4 Å². The standard InChI is InChI=1S/C24H22N2O2/c27-23(21-10-5-15-26(21)24(28)18-6-2-1-3-7-18)25-20-14-13-17-12-11-16-8-4-9-19(20)22(16)17/h1-4,6-9,13-14,21H,5,10-12,15H2,(H,25,27). The number of carbonyl (C=O) groups excluding carboxylic acids is 2. The zero-order valence-electron chi connectivity index (χ0n) is 15.7. The van der Waals surface area contributed by atoms with Crippen LogP contribution in [0.2, 0.25) is 0 Å². The zero-order valence-corrected chi connectivity index (χ0v) is 15.7. The molecule has 0 aromatic heterocycles. The molecule has 1 aliphatic heterocycles. The van der Waals surface area contributed by atoms with Crippen molar-refractivity contribution in [2.45, 2.75) is 31.7 Å². The summed E-state index contributed by atoms with van der Waals surface area (Å²) in [6.45, 7) is 0.621. The van der Waals surface area contributed by atoms with E-state index in [1.807, 2.05) is 24.3 Å². The lowest BCUT2D eigenvalue weighted by Gasteiger charge is -2.24. The highest BCUT2D eigenvalue weighted by molar-refractivity contribution is 6.07. The van der Waals surface area contributed by atoms with Crippen molar-refractivity contribution < 1.29 is 9.59 Å². The van der Waals surface area contributed by atoms with Crippen LogP contribution in [-0.4, -0.2) is 29.3 Å². The highest BCUT2D eigenvalue weighted by atomic mass is 16.2. The summed E-state index contributed by atoms with van der Waals surface area (Å²) in [5.41, 5.74) is 4.18. The predicted molar refractivity (Wildman–Crippen MR) is 110 cm³/mol. The van der Waals surface area contributed by atoms with Gasteiger partial charge in [-0.15, -0.1) is 0 Å². The Morgan fingerprint density at radius 2 is 1.68 bits per heavy atom. The lowest BCUT2D eigenvalue weighted by atomic mass is 10.0. The van der Waals surface area contributed by atoms with Crippen molar-refractivity contribution in [2.75, 3.05) is 11.9 Å². The number of benzene rings is 3. The lowest BCUT2D eigenvalue weighted by Crippen LogP contribution is -2.43. The molecule has 1 fully saturated rings. The smallest absolute Gasteiger partial charge is 0.254 e. The molecular formula is C24H22N2O2. The van der Waals surface area contributed by atoms with Gasteiger partial charge in [0.15, 0.2) is 0 Å². The van der Waals surface area contributed by atoms with Crippen molar-refractivity contribution in [3.63, 3.8) is 0 Å². The average Bonchev–Trinajstić information content (AvgIpc) is 3.39. The summed E-state index contributed by atoms with van der Waals surface area (Å²) in [4.78, 5) is 27.7. The molecule has 1 N–H and O–H groups in total. The Bertz CT molecular complexity index is 1060. The highest BCUT2D eigenvalue weighted by Gasteiger charge is 2.34. The van der Waals surface area contributed by atoms with Crippen LogP contribution in [0.3, 0.4) is 0 Å². The van der Waals surface area contributed by atoms with Gasteiger partial charge in [-0.05, 0) is 60.4 Å². The van der Waals surface area contributed by atoms with Gasteiger partial charge in [-0.25, -0.2) is 0 Å². The van der Waals surface area contributed by atoms with E-state index in [0.29, 0.717) is 18.5 Å². The molecule has 4 nitrogen and oxygen atoms in total. The van der Waals surface area contributed by atoms with Crippen LogP contribution in [0.5, 0.6) is 0 Å². The summed E-state index contributed by atoms with van der Waals surface area (Å²) in [5.74, 6) is -0.167. The molecule has 3 aromatic carbocycles. The van der Waals surface area contributed by atoms with E-state index in [-0.39, 0.29) is 11.8 Å². The first-order valence-corrected chi connectivity index (χ1v) is 9.93. The first kappa shape index (κ1) is 17.0. The van der Waals surface area contributed by atoms with Crippen LogP contribution >= 0.6 is 0 Å². The number of nitrogens with zero attached hydrogens (tertiary/aromatic N) is 1. The van der Waals surface area contributed by atoms with Crippen LogP contribution in [0.1, 0.15) is 34.3 Å². The summed E-state index contributed by atoms with van der Waals surface area (Å²) in [5, 5.41) is 5.49. The van der Waals surface area contributed by atoms with Gasteiger partial charge in [-0.2, -0.15) is 0 Å². The number of carbonyl (C=O) groups is 2. The molecule has 140 valence electrons. The third kappa shape index (κ3) is 2.76. The van der Waals surface area contributed by atoms with Gasteiger partial charge in [0.1, 0.15) is 6.04 Å². The van der Waals surface area contributed by atoms with Gasteiger partial charge in [0.2, 0.25) is 5.91 Å². The van der Waals surface area contributed by atoms with Crippen molar-refractivity contribution in [1.29, 1.82) is 0 Å². The first-order chi connectivity index (χ1) is 13.7. The molecule has 4 heteroatoms. The molecule has 1 heterocycles. The fourth-order valence-corrected chi connectivity index (χ4v) is 4.60. The Morgan fingerprint density at radius 3 is 2.50 bits per heavy atom. The van der Waals surface area contributed by atoms with Crippen molar-refractivity contribution in [1.82, 2.24) is 4.90 Å². The Morgan fingerprint density at radius 1 is 0.893 bits per heavy atom. The van der Waals surface area contributed by atoms with Crippen LogP contribution in [0.15, 0.2) is 60.7 Å². The normalized spacial score (nSPS) is 17.9. The summed E-state index contributed by atoms with van der Waals surface area (Å²) in [6.07, 6.45) is 3.67. The van der Waals surface area contributed by atoms with Crippen molar-refractivity contribution in [2.24, 2.45) is 0 Å². The Labute approximate surface area is 164 Å². The van der Waals surface area contributed by atoms with E-state index in [2.05, 4.69) is 29.6 Å². The van der Waals surface area contributed by atoms with Crippen molar-refractivity contribution in [3.8, 4) is 0 Å². The minimum atomic E-state index is -0.421. The maximum atomic E-state index is 13.1. The van der Waals surface area contributed by atoms with Crippen LogP contribution in [0.25, 0.3) is 10.8 Å². The molecule has 0 spiro atoms. The maximum Gasteiger partial charge on any atom is 0.254 e. The van der Waals surface area contributed by atoms with Gasteiger partial charge >= 0.3 is 0 Å². The van der Waals surface area contributed by atoms with Gasteiger partial charge < -0.3 is 10.2 Å². The first-order valence-electron chi connectivity index (χ1n) is 9.93. The second-order valence-electron chi connectivity index (χ2n) is 7.62. The van der Waals surface area contributed by atoms with Gasteiger partial charge in [-0.1, -0.05) is 42.5 Å². The SMILES string of the molecule is O=C(Nc1ccc2c3c(cccc13)CC2)C1CCCN1C(=O)c1ccccc1. The van der Waals surface area contributed by atoms with E-state index in [0.717, 1.165) is 30.3 Å². The van der Waals surface area contributed by atoms with Gasteiger partial charge in [0, 0.05) is 23.2 Å². The molecule has 28 heavy (non-hydrogen) atoms. The molecule has 1 unspecified atom stereocenters. The number of hydrogen-bond donors (Lipinski definition) is 1. The largest absolute Gasteiger partial charge is 0.327 e. The molecule has 2 amide bonds. The highest BCUT2D eigenvalue weighted by Crippen LogP contribution is 2.35. The number of likely N-dealkylation sites (tertiary alicyclic amines) is 1. The van der Waals surface area contributed by atoms with E-state index in [4.69, 9.17) is 0 Å². The number of rotatable bonds is 3. The number of hydrogen-bond acceptors (Lipinski definition) is 2. The summed E-state index contributed by atoms with van der Waals surface area (Å²) >= 11 is 0. The van der Waals surface area contributed by atoms with E-state index in [9.17, 15) is 9.59 Å².